The van der Waals surface area contributed by atoms with Crippen LogP contribution in [0, 0.1) is 13.8 Å². The fourth-order valence-corrected chi connectivity index (χ4v) is 7.65. The molecule has 2 heterocycles. The molecule has 1 aliphatic heterocycles. The standard InChI is InChI=1S/C31H40N4O6S/c1-21-15-27(40-3)16-22(2)30(21)42(38,39)35(25-10-11-25)19-29-33-28(20-41-29)31(37)32-13-12-23-6-8-24(9-7-23)17-34-14-4-5-26(36)18-34/h6-9,15-16,20,25-26,36H,4-5,10-14,17-19H2,1-3H3,(H,32,37). The molecule has 0 bridgehead atoms. The van der Waals surface area contributed by atoms with E-state index in [4.69, 9.17) is 9.15 Å². The second-order valence-electron chi connectivity index (χ2n) is 11.4. The number of rotatable bonds is 12. The van der Waals surface area contributed by atoms with Crippen molar-refractivity contribution < 1.29 is 27.5 Å². The fraction of sp³-hybridized carbons (Fsp3) is 0.484. The number of piperidine rings is 1. The summed E-state index contributed by atoms with van der Waals surface area (Å²) in [5.41, 5.74) is 3.65. The Hall–Kier alpha value is -3.25. The van der Waals surface area contributed by atoms with E-state index >= 15 is 0 Å². The average Bonchev–Trinajstić information content (AvgIpc) is 3.68. The fourth-order valence-electron chi connectivity index (χ4n) is 5.60. The minimum atomic E-state index is -3.83. The number of amides is 1. The number of benzene rings is 2. The number of nitrogens with zero attached hydrogens (tertiary/aromatic N) is 3. The number of aryl methyl sites for hydroxylation is 2. The SMILES string of the molecule is COc1cc(C)c(S(=O)(=O)N(Cc2nc(C(=O)NCCc3ccc(CN4CCCC(O)C4)cc3)co2)C2CC2)c(C)c1. The van der Waals surface area contributed by atoms with Crippen LogP contribution in [0.3, 0.4) is 0 Å². The summed E-state index contributed by atoms with van der Waals surface area (Å²) in [5, 5.41) is 12.8. The van der Waals surface area contributed by atoms with Gasteiger partial charge in [0.15, 0.2) is 5.69 Å². The minimum Gasteiger partial charge on any atom is -0.497 e. The van der Waals surface area contributed by atoms with Crippen LogP contribution in [-0.2, 0) is 29.5 Å². The number of carbonyl (C=O) groups is 1. The molecule has 1 saturated carbocycles. The molecule has 42 heavy (non-hydrogen) atoms. The molecule has 1 aromatic heterocycles. The Kier molecular flexibility index (Phi) is 9.32. The van der Waals surface area contributed by atoms with E-state index in [-0.39, 0.29) is 41.1 Å². The van der Waals surface area contributed by atoms with Crippen molar-refractivity contribution in [1.29, 1.82) is 0 Å². The first kappa shape index (κ1) is 30.2. The summed E-state index contributed by atoms with van der Waals surface area (Å²) in [6, 6.07) is 11.6. The maximum Gasteiger partial charge on any atom is 0.273 e. The normalized spacial score (nSPS) is 17.9. The van der Waals surface area contributed by atoms with Crippen LogP contribution in [0.15, 0.2) is 52.0 Å². The second-order valence-corrected chi connectivity index (χ2v) is 13.2. The lowest BCUT2D eigenvalue weighted by atomic mass is 10.1. The molecule has 1 aliphatic carbocycles. The summed E-state index contributed by atoms with van der Waals surface area (Å²) in [7, 11) is -2.28. The first-order valence-corrected chi connectivity index (χ1v) is 16.0. The average molecular weight is 597 g/mol. The lowest BCUT2D eigenvalue weighted by Crippen LogP contribution is -2.37. The number of methoxy groups -OCH3 is 1. The lowest BCUT2D eigenvalue weighted by molar-refractivity contribution is 0.0668. The number of ether oxygens (including phenoxy) is 1. The Bertz CT molecular complexity index is 1480. The van der Waals surface area contributed by atoms with Crippen molar-refractivity contribution >= 4 is 15.9 Å². The number of oxazole rings is 1. The molecule has 2 N–H and O–H groups in total. The molecule has 2 fully saturated rings. The third kappa shape index (κ3) is 7.20. The molecule has 10 nitrogen and oxygen atoms in total. The number of aromatic nitrogens is 1. The number of sulfonamides is 1. The zero-order valence-corrected chi connectivity index (χ0v) is 25.3. The van der Waals surface area contributed by atoms with Gasteiger partial charge in [-0.2, -0.15) is 4.31 Å². The second kappa shape index (κ2) is 12.9. The van der Waals surface area contributed by atoms with Gasteiger partial charge in [0, 0.05) is 25.7 Å². The van der Waals surface area contributed by atoms with Crippen molar-refractivity contribution in [2.75, 3.05) is 26.7 Å². The number of aliphatic hydroxyl groups is 1. The number of hydrogen-bond donors (Lipinski definition) is 2. The van der Waals surface area contributed by atoms with Gasteiger partial charge in [0.2, 0.25) is 15.9 Å². The highest BCUT2D eigenvalue weighted by molar-refractivity contribution is 7.89. The maximum atomic E-state index is 13.7. The smallest absolute Gasteiger partial charge is 0.273 e. The van der Waals surface area contributed by atoms with Crippen LogP contribution in [0.4, 0.5) is 0 Å². The molecule has 1 saturated heterocycles. The van der Waals surface area contributed by atoms with E-state index in [2.05, 4.69) is 39.5 Å². The van der Waals surface area contributed by atoms with E-state index in [1.807, 2.05) is 0 Å². The summed E-state index contributed by atoms with van der Waals surface area (Å²) >= 11 is 0. The summed E-state index contributed by atoms with van der Waals surface area (Å²) in [6.45, 7) is 6.44. The molecule has 1 atom stereocenters. The number of nitrogens with one attached hydrogen (secondary N) is 1. The Morgan fingerprint density at radius 2 is 1.83 bits per heavy atom. The Balaban J connectivity index is 1.16. The van der Waals surface area contributed by atoms with Gasteiger partial charge in [-0.1, -0.05) is 24.3 Å². The molecule has 0 radical (unpaired) electrons. The monoisotopic (exact) mass is 596 g/mol. The van der Waals surface area contributed by atoms with Crippen molar-refractivity contribution in [2.24, 2.45) is 0 Å². The van der Waals surface area contributed by atoms with E-state index in [1.54, 1.807) is 33.1 Å². The van der Waals surface area contributed by atoms with Crippen LogP contribution >= 0.6 is 0 Å². The van der Waals surface area contributed by atoms with Crippen molar-refractivity contribution in [3.8, 4) is 5.75 Å². The molecular formula is C31H40N4O6S. The summed E-state index contributed by atoms with van der Waals surface area (Å²) in [4.78, 5) is 19.6. The Morgan fingerprint density at radius 3 is 2.48 bits per heavy atom. The topological polar surface area (TPSA) is 125 Å². The van der Waals surface area contributed by atoms with Gasteiger partial charge in [0.1, 0.15) is 12.0 Å². The zero-order chi connectivity index (χ0) is 29.9. The Labute approximate surface area is 247 Å². The van der Waals surface area contributed by atoms with Crippen LogP contribution in [0.5, 0.6) is 5.75 Å². The van der Waals surface area contributed by atoms with Crippen LogP contribution < -0.4 is 10.1 Å². The van der Waals surface area contributed by atoms with Crippen LogP contribution in [0.25, 0.3) is 0 Å². The first-order chi connectivity index (χ1) is 20.1. The number of hydrogen-bond acceptors (Lipinski definition) is 8. The van der Waals surface area contributed by atoms with Gasteiger partial charge in [0.05, 0.1) is 24.7 Å². The van der Waals surface area contributed by atoms with Crippen LogP contribution in [0.2, 0.25) is 0 Å². The highest BCUT2D eigenvalue weighted by Crippen LogP contribution is 2.36. The lowest BCUT2D eigenvalue weighted by Gasteiger charge is -2.29. The molecule has 3 aromatic rings. The van der Waals surface area contributed by atoms with Gasteiger partial charge in [-0.25, -0.2) is 13.4 Å². The van der Waals surface area contributed by atoms with E-state index < -0.39 is 10.0 Å². The van der Waals surface area contributed by atoms with E-state index in [0.29, 0.717) is 36.4 Å². The van der Waals surface area contributed by atoms with Crippen LogP contribution in [0.1, 0.15) is 64.3 Å². The van der Waals surface area contributed by atoms with Gasteiger partial charge < -0.3 is 19.6 Å². The summed E-state index contributed by atoms with van der Waals surface area (Å²) in [6.07, 6.45) is 5.13. The molecule has 1 unspecified atom stereocenters. The highest BCUT2D eigenvalue weighted by Gasteiger charge is 2.40. The predicted molar refractivity (Wildman–Crippen MR) is 158 cm³/mol. The van der Waals surface area contributed by atoms with Crippen LogP contribution in [-0.4, -0.2) is 72.5 Å². The van der Waals surface area contributed by atoms with Gasteiger partial charge in [-0.05, 0) is 86.9 Å². The van der Waals surface area contributed by atoms with Crippen molar-refractivity contribution in [3.63, 3.8) is 0 Å². The van der Waals surface area contributed by atoms with Crippen molar-refractivity contribution in [2.45, 2.75) is 76.1 Å². The van der Waals surface area contributed by atoms with Gasteiger partial charge >= 0.3 is 0 Å². The number of aliphatic hydroxyl groups excluding tert-OH is 1. The van der Waals surface area contributed by atoms with Crippen molar-refractivity contribution in [1.82, 2.24) is 19.5 Å². The number of carbonyl (C=O) groups excluding carboxylic acids is 1. The van der Waals surface area contributed by atoms with E-state index in [9.17, 15) is 18.3 Å². The number of likely N-dealkylation sites (tertiary alicyclic amines) is 1. The largest absolute Gasteiger partial charge is 0.497 e. The molecule has 226 valence electrons. The molecule has 0 spiro atoms. The number of β-amino-alcohol motifs (C(OH)–C–C–N with tert-alkyl or cyclic N) is 1. The predicted octanol–water partition coefficient (Wildman–Crippen LogP) is 3.58. The summed E-state index contributed by atoms with van der Waals surface area (Å²) in [5.74, 6) is 0.417. The third-order valence-corrected chi connectivity index (χ3v) is 10.1. The first-order valence-electron chi connectivity index (χ1n) is 14.5. The van der Waals surface area contributed by atoms with E-state index in [0.717, 1.165) is 44.3 Å². The molecule has 1 amide bonds. The van der Waals surface area contributed by atoms with E-state index in [1.165, 1.54) is 16.1 Å². The maximum absolute atomic E-state index is 13.7. The third-order valence-electron chi connectivity index (χ3n) is 7.87. The van der Waals surface area contributed by atoms with Gasteiger partial charge in [-0.3, -0.25) is 9.69 Å². The zero-order valence-electron chi connectivity index (χ0n) is 24.5. The molecule has 2 aliphatic rings. The molecule has 2 aromatic carbocycles. The Morgan fingerprint density at radius 1 is 1.14 bits per heavy atom. The molecular weight excluding hydrogens is 556 g/mol. The molecule has 5 rings (SSSR count). The van der Waals surface area contributed by atoms with Gasteiger partial charge in [0.25, 0.3) is 5.91 Å². The molecule has 11 heteroatoms. The van der Waals surface area contributed by atoms with Gasteiger partial charge in [-0.15, -0.1) is 0 Å². The highest BCUT2D eigenvalue weighted by atomic mass is 32.2. The quantitative estimate of drug-likeness (QED) is 0.325. The summed E-state index contributed by atoms with van der Waals surface area (Å²) < 4.78 is 39.7. The van der Waals surface area contributed by atoms with Crippen molar-refractivity contribution in [3.05, 3.63) is 76.5 Å². The minimum absolute atomic E-state index is 0.0477.